The van der Waals surface area contributed by atoms with Crippen LogP contribution in [0, 0.1) is 6.92 Å². The fraction of sp³-hybridized carbons (Fsp3) is 0.533. The van der Waals surface area contributed by atoms with Gasteiger partial charge in [0.25, 0.3) is 0 Å². The van der Waals surface area contributed by atoms with Crippen molar-refractivity contribution in [3.8, 4) is 0 Å². The number of aliphatic imine (C=N–C) groups is 1. The molecule has 0 aromatic heterocycles. The molecule has 0 heterocycles. The first-order valence-corrected chi connectivity index (χ1v) is 6.73. The highest BCUT2D eigenvalue weighted by Gasteiger charge is 2.07. The molecule has 0 amide bonds. The Morgan fingerprint density at radius 2 is 2.00 bits per heavy atom. The van der Waals surface area contributed by atoms with Crippen molar-refractivity contribution in [2.75, 3.05) is 20.1 Å². The summed E-state index contributed by atoms with van der Waals surface area (Å²) in [5.74, 6) is 0.989. The lowest BCUT2D eigenvalue weighted by molar-refractivity contribution is 0.475. The van der Waals surface area contributed by atoms with Crippen LogP contribution in [0.15, 0.2) is 29.3 Å². The highest BCUT2D eigenvalue weighted by Crippen LogP contribution is 2.09. The third-order valence-corrected chi connectivity index (χ3v) is 2.85. The zero-order valence-corrected chi connectivity index (χ0v) is 12.0. The molecule has 0 saturated heterocycles. The lowest BCUT2D eigenvalue weighted by atomic mass is 10.1. The van der Waals surface area contributed by atoms with E-state index >= 15 is 0 Å². The largest absolute Gasteiger partial charge is 0.357 e. The van der Waals surface area contributed by atoms with Crippen molar-refractivity contribution in [3.63, 3.8) is 0 Å². The number of hydrogen-bond donors (Lipinski definition) is 1. The maximum Gasteiger partial charge on any atom is 0.193 e. The van der Waals surface area contributed by atoms with E-state index in [1.807, 2.05) is 0 Å². The van der Waals surface area contributed by atoms with E-state index in [1.54, 1.807) is 0 Å². The lowest BCUT2D eigenvalue weighted by Gasteiger charge is -2.23. The average Bonchev–Trinajstić information content (AvgIpc) is 2.37. The third kappa shape index (κ3) is 4.40. The minimum absolute atomic E-state index is 0.875. The molecule has 1 N–H and O–H groups in total. The molecule has 0 aliphatic rings. The Morgan fingerprint density at radius 1 is 1.28 bits per heavy atom. The Hall–Kier alpha value is -1.51. The summed E-state index contributed by atoms with van der Waals surface area (Å²) < 4.78 is 0. The molecule has 100 valence electrons. The topological polar surface area (TPSA) is 27.6 Å². The van der Waals surface area contributed by atoms with Crippen LogP contribution in [0.4, 0.5) is 0 Å². The summed E-state index contributed by atoms with van der Waals surface area (Å²) in [6.07, 6.45) is 1.08. The molecule has 0 fully saturated rings. The average molecular weight is 247 g/mol. The molecule has 1 aromatic rings. The highest BCUT2D eigenvalue weighted by atomic mass is 15.3. The van der Waals surface area contributed by atoms with Crippen LogP contribution >= 0.6 is 0 Å². The van der Waals surface area contributed by atoms with Crippen molar-refractivity contribution >= 4 is 5.96 Å². The van der Waals surface area contributed by atoms with Gasteiger partial charge in [-0.2, -0.15) is 0 Å². The zero-order chi connectivity index (χ0) is 13.4. The van der Waals surface area contributed by atoms with Crippen molar-refractivity contribution in [1.29, 1.82) is 0 Å². The first-order valence-electron chi connectivity index (χ1n) is 6.73. The van der Waals surface area contributed by atoms with E-state index in [4.69, 9.17) is 0 Å². The lowest BCUT2D eigenvalue weighted by Crippen LogP contribution is -2.38. The van der Waals surface area contributed by atoms with Crippen LogP contribution in [0.1, 0.15) is 31.4 Å². The molecular formula is C15H25N3. The monoisotopic (exact) mass is 247 g/mol. The van der Waals surface area contributed by atoms with E-state index in [9.17, 15) is 0 Å². The molecule has 1 rings (SSSR count). The number of aryl methyl sites for hydroxylation is 1. The van der Waals surface area contributed by atoms with E-state index in [-0.39, 0.29) is 0 Å². The first-order chi connectivity index (χ1) is 8.69. The standard InChI is InChI=1S/C15H25N3/c1-5-11-17-15(16-6-2)18(4)12-14-10-8-7-9-13(14)3/h7-10H,5-6,11-12H2,1-4H3,(H,16,17). The van der Waals surface area contributed by atoms with Crippen molar-refractivity contribution in [1.82, 2.24) is 10.2 Å². The normalized spacial score (nSPS) is 11.4. The molecule has 0 spiro atoms. The molecule has 1 aromatic carbocycles. The summed E-state index contributed by atoms with van der Waals surface area (Å²) in [5, 5.41) is 3.33. The molecule has 18 heavy (non-hydrogen) atoms. The van der Waals surface area contributed by atoms with Crippen LogP contribution in [0.25, 0.3) is 0 Å². The van der Waals surface area contributed by atoms with Crippen LogP contribution in [0.5, 0.6) is 0 Å². The Kier molecular flexibility index (Phi) is 6.26. The maximum atomic E-state index is 4.59. The Balaban J connectivity index is 2.72. The summed E-state index contributed by atoms with van der Waals surface area (Å²) in [4.78, 5) is 6.77. The number of nitrogens with one attached hydrogen (secondary N) is 1. The quantitative estimate of drug-likeness (QED) is 0.640. The summed E-state index contributed by atoms with van der Waals surface area (Å²) in [7, 11) is 2.09. The second kappa shape index (κ2) is 7.75. The highest BCUT2D eigenvalue weighted by molar-refractivity contribution is 5.79. The van der Waals surface area contributed by atoms with Gasteiger partial charge in [-0.25, -0.2) is 0 Å². The molecular weight excluding hydrogens is 222 g/mol. The molecule has 0 saturated carbocycles. The maximum absolute atomic E-state index is 4.59. The van der Waals surface area contributed by atoms with E-state index in [2.05, 4.69) is 67.3 Å². The summed E-state index contributed by atoms with van der Waals surface area (Å²) >= 11 is 0. The molecule has 0 atom stereocenters. The van der Waals surface area contributed by atoms with Crippen LogP contribution in [-0.2, 0) is 6.54 Å². The minimum Gasteiger partial charge on any atom is -0.357 e. The predicted molar refractivity (Wildman–Crippen MR) is 78.9 cm³/mol. The molecule has 3 heteroatoms. The molecule has 0 bridgehead atoms. The van der Waals surface area contributed by atoms with Gasteiger partial charge < -0.3 is 10.2 Å². The van der Waals surface area contributed by atoms with Gasteiger partial charge in [-0.1, -0.05) is 31.2 Å². The van der Waals surface area contributed by atoms with Crippen molar-refractivity contribution in [3.05, 3.63) is 35.4 Å². The smallest absolute Gasteiger partial charge is 0.193 e. The van der Waals surface area contributed by atoms with Gasteiger partial charge in [0, 0.05) is 26.7 Å². The van der Waals surface area contributed by atoms with Crippen molar-refractivity contribution in [2.24, 2.45) is 4.99 Å². The summed E-state index contributed by atoms with van der Waals surface area (Å²) in [6.45, 7) is 9.07. The Morgan fingerprint density at radius 3 is 2.61 bits per heavy atom. The van der Waals surface area contributed by atoms with Gasteiger partial charge in [0.1, 0.15) is 0 Å². The summed E-state index contributed by atoms with van der Waals surface area (Å²) in [5.41, 5.74) is 2.68. The van der Waals surface area contributed by atoms with Crippen LogP contribution in [0.3, 0.4) is 0 Å². The number of benzene rings is 1. The van der Waals surface area contributed by atoms with E-state index in [0.29, 0.717) is 0 Å². The Bertz CT molecular complexity index is 385. The number of guanidine groups is 1. The van der Waals surface area contributed by atoms with Gasteiger partial charge in [0.15, 0.2) is 5.96 Å². The number of hydrogen-bond acceptors (Lipinski definition) is 1. The van der Waals surface area contributed by atoms with Crippen molar-refractivity contribution < 1.29 is 0 Å². The third-order valence-electron chi connectivity index (χ3n) is 2.85. The van der Waals surface area contributed by atoms with E-state index in [0.717, 1.165) is 32.0 Å². The molecule has 3 nitrogen and oxygen atoms in total. The van der Waals surface area contributed by atoms with Crippen LogP contribution in [-0.4, -0.2) is 31.0 Å². The second-order valence-electron chi connectivity index (χ2n) is 4.52. The predicted octanol–water partition coefficient (Wildman–Crippen LogP) is 2.80. The van der Waals surface area contributed by atoms with Crippen LogP contribution < -0.4 is 5.32 Å². The Labute approximate surface area is 111 Å². The zero-order valence-electron chi connectivity index (χ0n) is 12.0. The SMILES string of the molecule is CCCN=C(NCC)N(C)Cc1ccccc1C. The van der Waals surface area contributed by atoms with Gasteiger partial charge in [-0.15, -0.1) is 0 Å². The fourth-order valence-electron chi connectivity index (χ4n) is 1.81. The molecule has 0 aliphatic heterocycles. The number of rotatable bonds is 5. The molecule has 0 unspecified atom stereocenters. The van der Waals surface area contributed by atoms with E-state index < -0.39 is 0 Å². The summed E-state index contributed by atoms with van der Waals surface area (Å²) in [6, 6.07) is 8.50. The van der Waals surface area contributed by atoms with Gasteiger partial charge >= 0.3 is 0 Å². The minimum atomic E-state index is 0.875. The van der Waals surface area contributed by atoms with E-state index in [1.165, 1.54) is 11.1 Å². The second-order valence-corrected chi connectivity index (χ2v) is 4.52. The molecule has 0 radical (unpaired) electrons. The fourth-order valence-corrected chi connectivity index (χ4v) is 1.81. The molecule has 0 aliphatic carbocycles. The first kappa shape index (κ1) is 14.6. The van der Waals surface area contributed by atoms with Crippen molar-refractivity contribution in [2.45, 2.75) is 33.7 Å². The van der Waals surface area contributed by atoms with Gasteiger partial charge in [-0.3, -0.25) is 4.99 Å². The van der Waals surface area contributed by atoms with Gasteiger partial charge in [0.05, 0.1) is 0 Å². The van der Waals surface area contributed by atoms with Gasteiger partial charge in [0.2, 0.25) is 0 Å². The number of nitrogens with zero attached hydrogens (tertiary/aromatic N) is 2. The van der Waals surface area contributed by atoms with Gasteiger partial charge in [-0.05, 0) is 31.4 Å². The van der Waals surface area contributed by atoms with Crippen LogP contribution in [0.2, 0.25) is 0 Å².